The third-order valence-electron chi connectivity index (χ3n) is 7.02. The van der Waals surface area contributed by atoms with Crippen molar-refractivity contribution in [3.63, 3.8) is 0 Å². The Morgan fingerprint density at radius 3 is 2.94 bits per heavy atom. The highest BCUT2D eigenvalue weighted by Gasteiger charge is 2.25. The highest BCUT2D eigenvalue weighted by molar-refractivity contribution is 6.01. The van der Waals surface area contributed by atoms with Crippen molar-refractivity contribution < 1.29 is 14.6 Å². The number of anilines is 3. The molecule has 1 unspecified atom stereocenters. The van der Waals surface area contributed by atoms with Gasteiger partial charge in [0.2, 0.25) is 0 Å². The largest absolute Gasteiger partial charge is 0.393 e. The van der Waals surface area contributed by atoms with Crippen molar-refractivity contribution >= 4 is 28.8 Å². The van der Waals surface area contributed by atoms with E-state index in [0.717, 1.165) is 38.7 Å². The Morgan fingerprint density at radius 1 is 1.29 bits per heavy atom. The highest BCUT2D eigenvalue weighted by Crippen LogP contribution is 2.29. The number of pyridine rings is 1. The number of aliphatic hydroxyl groups excluding tert-OH is 1. The van der Waals surface area contributed by atoms with Crippen LogP contribution in [-0.4, -0.2) is 56.4 Å². The molecular weight excluding hydrogens is 448 g/mol. The molecule has 5 rings (SSSR count). The lowest BCUT2D eigenvalue weighted by Gasteiger charge is -2.25. The first-order chi connectivity index (χ1) is 17.0. The molecule has 1 saturated heterocycles. The number of hydrogen-bond acceptors (Lipinski definition) is 8. The van der Waals surface area contributed by atoms with E-state index in [4.69, 9.17) is 4.74 Å². The average molecular weight is 481 g/mol. The molecule has 1 saturated carbocycles. The first-order valence-electron chi connectivity index (χ1n) is 12.4. The molecule has 0 bridgehead atoms. The topological polar surface area (TPSA) is 123 Å². The molecule has 0 spiro atoms. The molecule has 3 aromatic rings. The standard InChI is InChI=1S/C25H32N6O4/c1-26-23-13-22(28-20-8-3-9-30(25(20)34)17-6-4-10-35-15-17)29-24-19(14-27-31(23)24)21(33)12-16-5-2-7-18(32)11-16/h3,8-9,13-14,16-18,26,32H,2,4-7,10-12,15H2,1H3,(H,28,29)/t16?,17-,18-/m1/s1. The van der Waals surface area contributed by atoms with Gasteiger partial charge in [-0.1, -0.05) is 6.42 Å². The van der Waals surface area contributed by atoms with E-state index in [0.29, 0.717) is 48.0 Å². The fraction of sp³-hybridized carbons (Fsp3) is 0.520. The molecule has 0 aromatic carbocycles. The second kappa shape index (κ2) is 10.2. The van der Waals surface area contributed by atoms with Crippen LogP contribution in [0.4, 0.5) is 17.3 Å². The molecule has 2 fully saturated rings. The quantitative estimate of drug-likeness (QED) is 0.441. The number of Topliss-reactive ketones (excluding diaryl/α,β-unsaturated/α-hetero) is 1. The molecule has 1 aliphatic heterocycles. The van der Waals surface area contributed by atoms with E-state index in [-0.39, 0.29) is 29.4 Å². The number of rotatable bonds is 7. The molecular formula is C25H32N6O4. The van der Waals surface area contributed by atoms with Gasteiger partial charge in [0.15, 0.2) is 11.4 Å². The number of aliphatic hydroxyl groups is 1. The van der Waals surface area contributed by atoms with Gasteiger partial charge in [-0.05, 0) is 50.2 Å². The van der Waals surface area contributed by atoms with Crippen LogP contribution < -0.4 is 16.2 Å². The predicted octanol–water partition coefficient (Wildman–Crippen LogP) is 3.15. The zero-order chi connectivity index (χ0) is 24.4. The summed E-state index contributed by atoms with van der Waals surface area (Å²) in [4.78, 5) is 31.0. The van der Waals surface area contributed by atoms with E-state index in [9.17, 15) is 14.7 Å². The van der Waals surface area contributed by atoms with Gasteiger partial charge in [0.25, 0.3) is 5.56 Å². The first kappa shape index (κ1) is 23.5. The summed E-state index contributed by atoms with van der Waals surface area (Å²) in [7, 11) is 1.77. The summed E-state index contributed by atoms with van der Waals surface area (Å²) in [5.74, 6) is 1.21. The Hall–Kier alpha value is -3.24. The molecule has 0 radical (unpaired) electrons. The van der Waals surface area contributed by atoms with Gasteiger partial charge in [0.1, 0.15) is 17.3 Å². The van der Waals surface area contributed by atoms with Gasteiger partial charge < -0.3 is 25.0 Å². The summed E-state index contributed by atoms with van der Waals surface area (Å²) in [5, 5.41) is 20.6. The number of carbonyl (C=O) groups is 1. The molecule has 4 heterocycles. The number of aromatic nitrogens is 4. The number of ketones is 1. The molecule has 186 valence electrons. The van der Waals surface area contributed by atoms with Crippen LogP contribution in [0, 0.1) is 5.92 Å². The number of nitrogens with zero attached hydrogens (tertiary/aromatic N) is 4. The van der Waals surface area contributed by atoms with Gasteiger partial charge in [-0.25, -0.2) is 4.98 Å². The minimum Gasteiger partial charge on any atom is -0.393 e. The third kappa shape index (κ3) is 4.94. The number of ether oxygens (including phenoxy) is 1. The van der Waals surface area contributed by atoms with Crippen LogP contribution in [0.25, 0.3) is 5.65 Å². The zero-order valence-electron chi connectivity index (χ0n) is 19.9. The summed E-state index contributed by atoms with van der Waals surface area (Å²) in [6.07, 6.45) is 8.53. The van der Waals surface area contributed by atoms with Gasteiger partial charge in [-0.2, -0.15) is 9.61 Å². The minimum absolute atomic E-state index is 0.0127. The van der Waals surface area contributed by atoms with Crippen molar-refractivity contribution in [2.75, 3.05) is 30.9 Å². The Labute approximate surface area is 203 Å². The zero-order valence-corrected chi connectivity index (χ0v) is 19.9. The van der Waals surface area contributed by atoms with E-state index in [1.807, 2.05) is 6.07 Å². The summed E-state index contributed by atoms with van der Waals surface area (Å²) in [6, 6.07) is 5.33. The van der Waals surface area contributed by atoms with Crippen LogP contribution in [0.5, 0.6) is 0 Å². The molecule has 3 atom stereocenters. The minimum atomic E-state index is -0.328. The molecule has 0 amide bonds. The fourth-order valence-corrected chi connectivity index (χ4v) is 5.20. The fourth-order valence-electron chi connectivity index (χ4n) is 5.20. The number of nitrogens with one attached hydrogen (secondary N) is 2. The van der Waals surface area contributed by atoms with E-state index in [1.165, 1.54) is 0 Å². The second-order valence-corrected chi connectivity index (χ2v) is 9.51. The van der Waals surface area contributed by atoms with E-state index in [1.54, 1.807) is 40.7 Å². The van der Waals surface area contributed by atoms with E-state index in [2.05, 4.69) is 20.7 Å². The predicted molar refractivity (Wildman–Crippen MR) is 133 cm³/mol. The maximum atomic E-state index is 13.2. The van der Waals surface area contributed by atoms with Gasteiger partial charge in [-0.3, -0.25) is 9.59 Å². The lowest BCUT2D eigenvalue weighted by Crippen LogP contribution is -2.31. The molecule has 3 N–H and O–H groups in total. The summed E-state index contributed by atoms with van der Waals surface area (Å²) in [6.45, 7) is 1.25. The Morgan fingerprint density at radius 2 is 2.17 bits per heavy atom. The van der Waals surface area contributed by atoms with Gasteiger partial charge in [0, 0.05) is 32.3 Å². The van der Waals surface area contributed by atoms with Crippen molar-refractivity contribution in [3.05, 3.63) is 46.5 Å². The summed E-state index contributed by atoms with van der Waals surface area (Å²) in [5.41, 5.74) is 1.13. The monoisotopic (exact) mass is 480 g/mol. The van der Waals surface area contributed by atoms with Gasteiger partial charge >= 0.3 is 0 Å². The van der Waals surface area contributed by atoms with Crippen LogP contribution in [-0.2, 0) is 4.74 Å². The van der Waals surface area contributed by atoms with Crippen LogP contribution in [0.1, 0.15) is 61.3 Å². The van der Waals surface area contributed by atoms with Crippen LogP contribution >= 0.6 is 0 Å². The van der Waals surface area contributed by atoms with Gasteiger partial charge in [-0.15, -0.1) is 0 Å². The number of fused-ring (bicyclic) bond motifs is 1. The molecule has 35 heavy (non-hydrogen) atoms. The SMILES string of the molecule is CNc1cc(Nc2cccn([C@@H]3CCCOC3)c2=O)nc2c(C(=O)CC3CCC[C@@H](O)C3)cnn12. The summed E-state index contributed by atoms with van der Waals surface area (Å²) < 4.78 is 8.87. The van der Waals surface area contributed by atoms with Crippen molar-refractivity contribution in [3.8, 4) is 0 Å². The van der Waals surface area contributed by atoms with Crippen molar-refractivity contribution in [2.24, 2.45) is 5.92 Å². The Bertz CT molecular complexity index is 1260. The van der Waals surface area contributed by atoms with Gasteiger partial charge in [0.05, 0.1) is 30.5 Å². The molecule has 10 heteroatoms. The maximum Gasteiger partial charge on any atom is 0.274 e. The molecule has 1 aliphatic carbocycles. The normalized spacial score (nSPS) is 22.7. The lowest BCUT2D eigenvalue weighted by atomic mass is 9.83. The molecule has 10 nitrogen and oxygen atoms in total. The van der Waals surface area contributed by atoms with Crippen molar-refractivity contribution in [1.82, 2.24) is 19.2 Å². The number of carbonyl (C=O) groups excluding carboxylic acids is 1. The van der Waals surface area contributed by atoms with E-state index < -0.39 is 0 Å². The second-order valence-electron chi connectivity index (χ2n) is 9.51. The van der Waals surface area contributed by atoms with Crippen LogP contribution in [0.15, 0.2) is 35.4 Å². The Kier molecular flexibility index (Phi) is 6.83. The highest BCUT2D eigenvalue weighted by atomic mass is 16.5. The maximum absolute atomic E-state index is 13.2. The smallest absolute Gasteiger partial charge is 0.274 e. The third-order valence-corrected chi connectivity index (χ3v) is 7.02. The average Bonchev–Trinajstić information content (AvgIpc) is 3.29. The molecule has 2 aliphatic rings. The van der Waals surface area contributed by atoms with E-state index >= 15 is 0 Å². The van der Waals surface area contributed by atoms with Crippen LogP contribution in [0.2, 0.25) is 0 Å². The summed E-state index contributed by atoms with van der Waals surface area (Å²) >= 11 is 0. The van der Waals surface area contributed by atoms with Crippen molar-refractivity contribution in [2.45, 2.75) is 57.1 Å². The lowest BCUT2D eigenvalue weighted by molar-refractivity contribution is 0.0580. The molecule has 3 aromatic heterocycles. The first-order valence-corrected chi connectivity index (χ1v) is 12.4. The van der Waals surface area contributed by atoms with Crippen molar-refractivity contribution in [1.29, 1.82) is 0 Å². The Balaban J connectivity index is 1.43. The number of hydrogen-bond donors (Lipinski definition) is 3. The van der Waals surface area contributed by atoms with Crippen LogP contribution in [0.3, 0.4) is 0 Å².